The molecule has 1 aromatic heterocycles. The van der Waals surface area contributed by atoms with Gasteiger partial charge in [0, 0.05) is 55.4 Å². The van der Waals surface area contributed by atoms with Crippen molar-refractivity contribution < 1.29 is 19.1 Å². The average molecular weight is 445 g/mol. The van der Waals surface area contributed by atoms with Gasteiger partial charge < -0.3 is 29.2 Å². The van der Waals surface area contributed by atoms with Crippen LogP contribution in [0.1, 0.15) is 39.3 Å². The molecular weight excluding hydrogens is 408 g/mol. The van der Waals surface area contributed by atoms with Crippen LogP contribution >= 0.6 is 0 Å². The Morgan fingerprint density at radius 2 is 1.78 bits per heavy atom. The number of ether oxygens (including phenoxy) is 2. The van der Waals surface area contributed by atoms with Crippen LogP contribution in [-0.4, -0.2) is 59.7 Å². The number of urea groups is 1. The number of unbranched alkanes of at least 4 members (excludes halogenated alkanes) is 1. The van der Waals surface area contributed by atoms with Gasteiger partial charge in [0.15, 0.2) is 0 Å². The van der Waals surface area contributed by atoms with Gasteiger partial charge in [-0.2, -0.15) is 0 Å². The molecule has 0 atom stereocenters. The van der Waals surface area contributed by atoms with E-state index in [0.29, 0.717) is 30.3 Å². The largest absolute Gasteiger partial charge is 0.497 e. The van der Waals surface area contributed by atoms with Crippen LogP contribution < -0.4 is 14.8 Å². The number of nitrogens with zero attached hydrogens (tertiary/aromatic N) is 3. The summed E-state index contributed by atoms with van der Waals surface area (Å²) in [5.74, 6) is 1.06. The highest BCUT2D eigenvalue weighted by molar-refractivity contribution is 5.93. The Balaban J connectivity index is 2.15. The van der Waals surface area contributed by atoms with E-state index >= 15 is 0 Å². The van der Waals surface area contributed by atoms with Gasteiger partial charge in [0.05, 0.1) is 20.8 Å². The van der Waals surface area contributed by atoms with Crippen LogP contribution in [0.2, 0.25) is 0 Å². The van der Waals surface area contributed by atoms with Gasteiger partial charge in [-0.15, -0.1) is 0 Å². The van der Waals surface area contributed by atoms with Gasteiger partial charge in [-0.25, -0.2) is 4.79 Å². The normalized spacial score (nSPS) is 10.7. The standard InChI is InChI=1S/C24H36N4O4/c1-7-8-12-27(16-20-10-9-11-26(20)4)23(29)17-28(18(2)3)24(30)25-19-13-21(31-5)15-22(14-19)32-6/h9-11,13-15,18H,7-8,12,16-17H2,1-6H3,(H,25,30). The van der Waals surface area contributed by atoms with Gasteiger partial charge in [-0.3, -0.25) is 4.79 Å². The molecule has 32 heavy (non-hydrogen) atoms. The number of benzene rings is 1. The Bertz CT molecular complexity index is 872. The highest BCUT2D eigenvalue weighted by atomic mass is 16.5. The summed E-state index contributed by atoms with van der Waals surface area (Å²) in [6.07, 6.45) is 3.87. The first-order valence-corrected chi connectivity index (χ1v) is 11.0. The van der Waals surface area contributed by atoms with E-state index in [0.717, 1.165) is 18.5 Å². The van der Waals surface area contributed by atoms with Crippen molar-refractivity contribution in [3.05, 3.63) is 42.2 Å². The van der Waals surface area contributed by atoms with E-state index in [1.54, 1.807) is 32.4 Å². The number of carbonyl (C=O) groups is 2. The number of hydrogen-bond donors (Lipinski definition) is 1. The lowest BCUT2D eigenvalue weighted by Crippen LogP contribution is -2.47. The quantitative estimate of drug-likeness (QED) is 0.566. The second kappa shape index (κ2) is 12.0. The smallest absolute Gasteiger partial charge is 0.322 e. The Hall–Kier alpha value is -3.16. The number of carbonyl (C=O) groups excluding carboxylic acids is 2. The third-order valence-electron chi connectivity index (χ3n) is 5.33. The fourth-order valence-electron chi connectivity index (χ4n) is 3.31. The molecule has 8 nitrogen and oxygen atoms in total. The summed E-state index contributed by atoms with van der Waals surface area (Å²) in [5, 5.41) is 2.87. The van der Waals surface area contributed by atoms with Crippen molar-refractivity contribution in [2.24, 2.45) is 7.05 Å². The first kappa shape index (κ1) is 25.1. The van der Waals surface area contributed by atoms with Gasteiger partial charge >= 0.3 is 6.03 Å². The molecule has 0 aliphatic rings. The Morgan fingerprint density at radius 3 is 2.28 bits per heavy atom. The van der Waals surface area contributed by atoms with E-state index in [1.165, 1.54) is 4.90 Å². The minimum absolute atomic E-state index is 0.00125. The van der Waals surface area contributed by atoms with Gasteiger partial charge in [0.2, 0.25) is 5.91 Å². The number of methoxy groups -OCH3 is 2. The molecule has 0 bridgehead atoms. The molecule has 3 amide bonds. The van der Waals surface area contributed by atoms with E-state index in [2.05, 4.69) is 12.2 Å². The molecular formula is C24H36N4O4. The predicted octanol–water partition coefficient (Wildman–Crippen LogP) is 4.11. The van der Waals surface area contributed by atoms with Gasteiger partial charge in [-0.1, -0.05) is 13.3 Å². The Morgan fingerprint density at radius 1 is 1.12 bits per heavy atom. The molecule has 2 rings (SSSR count). The lowest BCUT2D eigenvalue weighted by atomic mass is 10.2. The molecule has 8 heteroatoms. The minimum atomic E-state index is -0.349. The molecule has 0 fully saturated rings. The van der Waals surface area contributed by atoms with Crippen molar-refractivity contribution in [1.29, 1.82) is 0 Å². The third-order valence-corrected chi connectivity index (χ3v) is 5.33. The zero-order chi connectivity index (χ0) is 23.7. The maximum atomic E-state index is 13.2. The predicted molar refractivity (Wildman–Crippen MR) is 126 cm³/mol. The molecule has 0 unspecified atom stereocenters. The van der Waals surface area contributed by atoms with E-state index in [-0.39, 0.29) is 24.5 Å². The summed E-state index contributed by atoms with van der Waals surface area (Å²) in [7, 11) is 5.07. The maximum absolute atomic E-state index is 13.2. The second-order valence-corrected chi connectivity index (χ2v) is 8.03. The molecule has 0 aliphatic heterocycles. The van der Waals surface area contributed by atoms with Crippen LogP contribution in [0.15, 0.2) is 36.5 Å². The third kappa shape index (κ3) is 6.93. The van der Waals surface area contributed by atoms with Crippen LogP contribution in [0.25, 0.3) is 0 Å². The number of nitrogens with one attached hydrogen (secondary N) is 1. The fourth-order valence-corrected chi connectivity index (χ4v) is 3.31. The summed E-state index contributed by atoms with van der Waals surface area (Å²) in [5.41, 5.74) is 1.59. The van der Waals surface area contributed by atoms with Crippen LogP contribution in [0.4, 0.5) is 10.5 Å². The van der Waals surface area contributed by atoms with E-state index in [4.69, 9.17) is 9.47 Å². The number of amides is 3. The van der Waals surface area contributed by atoms with Crippen LogP contribution in [0, 0.1) is 0 Å². The topological polar surface area (TPSA) is 76.0 Å². The molecule has 2 aromatic rings. The molecule has 0 aliphatic carbocycles. The first-order valence-electron chi connectivity index (χ1n) is 11.0. The summed E-state index contributed by atoms with van der Waals surface area (Å²) in [6.45, 7) is 7.06. The zero-order valence-electron chi connectivity index (χ0n) is 20.1. The van der Waals surface area contributed by atoms with E-state index < -0.39 is 0 Å². The summed E-state index contributed by atoms with van der Waals surface area (Å²) in [4.78, 5) is 29.6. The molecule has 0 saturated carbocycles. The van der Waals surface area contributed by atoms with Crippen LogP contribution in [-0.2, 0) is 18.4 Å². The van der Waals surface area contributed by atoms with Crippen molar-refractivity contribution in [2.75, 3.05) is 32.6 Å². The molecule has 1 N–H and O–H groups in total. The van der Waals surface area contributed by atoms with E-state index in [9.17, 15) is 9.59 Å². The van der Waals surface area contributed by atoms with Crippen molar-refractivity contribution >= 4 is 17.6 Å². The lowest BCUT2D eigenvalue weighted by Gasteiger charge is -2.30. The van der Waals surface area contributed by atoms with Crippen LogP contribution in [0.3, 0.4) is 0 Å². The van der Waals surface area contributed by atoms with Crippen molar-refractivity contribution in [3.8, 4) is 11.5 Å². The van der Waals surface area contributed by atoms with Gasteiger partial charge in [-0.05, 0) is 32.4 Å². The molecule has 0 radical (unpaired) electrons. The van der Waals surface area contributed by atoms with Crippen molar-refractivity contribution in [2.45, 2.75) is 46.2 Å². The van der Waals surface area contributed by atoms with Crippen molar-refractivity contribution in [3.63, 3.8) is 0 Å². The number of aromatic nitrogens is 1. The SMILES string of the molecule is CCCCN(Cc1cccn1C)C(=O)CN(C(=O)Nc1cc(OC)cc(OC)c1)C(C)C. The van der Waals surface area contributed by atoms with Gasteiger partial charge in [0.1, 0.15) is 18.0 Å². The number of rotatable bonds is 11. The minimum Gasteiger partial charge on any atom is -0.497 e. The van der Waals surface area contributed by atoms with Crippen LogP contribution in [0.5, 0.6) is 11.5 Å². The maximum Gasteiger partial charge on any atom is 0.322 e. The molecule has 0 spiro atoms. The molecule has 176 valence electrons. The molecule has 1 heterocycles. The second-order valence-electron chi connectivity index (χ2n) is 8.03. The number of aryl methyl sites for hydroxylation is 1. The van der Waals surface area contributed by atoms with Gasteiger partial charge in [0.25, 0.3) is 0 Å². The first-order chi connectivity index (χ1) is 15.3. The summed E-state index contributed by atoms with van der Waals surface area (Å²) >= 11 is 0. The van der Waals surface area contributed by atoms with E-state index in [1.807, 2.05) is 48.7 Å². The fraction of sp³-hybridized carbons (Fsp3) is 0.500. The summed E-state index contributed by atoms with van der Waals surface area (Å²) in [6, 6.07) is 8.62. The monoisotopic (exact) mass is 444 g/mol. The number of anilines is 1. The molecule has 0 saturated heterocycles. The Labute approximate surface area is 191 Å². The lowest BCUT2D eigenvalue weighted by molar-refractivity contribution is -0.132. The average Bonchev–Trinajstić information content (AvgIpc) is 3.18. The van der Waals surface area contributed by atoms with Crippen molar-refractivity contribution in [1.82, 2.24) is 14.4 Å². The number of hydrogen-bond acceptors (Lipinski definition) is 4. The highest BCUT2D eigenvalue weighted by Gasteiger charge is 2.24. The zero-order valence-corrected chi connectivity index (χ0v) is 20.1. The Kier molecular flexibility index (Phi) is 9.43. The summed E-state index contributed by atoms with van der Waals surface area (Å²) < 4.78 is 12.6. The highest BCUT2D eigenvalue weighted by Crippen LogP contribution is 2.26. The molecule has 1 aromatic carbocycles.